The molecule has 1 aliphatic rings. The van der Waals surface area contributed by atoms with Crippen molar-refractivity contribution >= 4 is 28.6 Å². The zero-order chi connectivity index (χ0) is 13.4. The standard InChI is InChI=1S/C15H16N2OS/c1-9-5-6-12(11(16)7-9)17-15(18)14-8-10-3-2-4-13(10)19-14/h5-8H,2-4,16H2,1H3,(H,17,18). The van der Waals surface area contributed by atoms with Crippen molar-refractivity contribution in [3.05, 3.63) is 45.1 Å². The van der Waals surface area contributed by atoms with Crippen molar-refractivity contribution in [2.45, 2.75) is 26.2 Å². The highest BCUT2D eigenvalue weighted by atomic mass is 32.1. The van der Waals surface area contributed by atoms with Crippen molar-refractivity contribution < 1.29 is 4.79 Å². The highest BCUT2D eigenvalue weighted by Crippen LogP contribution is 2.31. The van der Waals surface area contributed by atoms with Gasteiger partial charge in [0.25, 0.3) is 5.91 Å². The van der Waals surface area contributed by atoms with E-state index in [1.807, 2.05) is 31.2 Å². The summed E-state index contributed by atoms with van der Waals surface area (Å²) in [5.41, 5.74) is 9.63. The van der Waals surface area contributed by atoms with E-state index in [2.05, 4.69) is 5.32 Å². The number of hydrogen-bond donors (Lipinski definition) is 2. The molecule has 0 atom stereocenters. The lowest BCUT2D eigenvalue weighted by atomic mass is 10.2. The molecule has 98 valence electrons. The highest BCUT2D eigenvalue weighted by molar-refractivity contribution is 7.14. The Morgan fingerprint density at radius 1 is 1.32 bits per heavy atom. The van der Waals surface area contributed by atoms with Gasteiger partial charge >= 0.3 is 0 Å². The monoisotopic (exact) mass is 272 g/mol. The minimum atomic E-state index is -0.0602. The fourth-order valence-corrected chi connectivity index (χ4v) is 3.57. The highest BCUT2D eigenvalue weighted by Gasteiger charge is 2.18. The van der Waals surface area contributed by atoms with Gasteiger partial charge in [0.1, 0.15) is 0 Å². The molecular formula is C15H16N2OS. The van der Waals surface area contributed by atoms with Gasteiger partial charge in [0.05, 0.1) is 16.3 Å². The van der Waals surface area contributed by atoms with Crippen LogP contribution in [0, 0.1) is 6.92 Å². The third kappa shape index (κ3) is 2.36. The van der Waals surface area contributed by atoms with Crippen LogP contribution in [0.5, 0.6) is 0 Å². The van der Waals surface area contributed by atoms with Gasteiger partial charge in [-0.05, 0) is 55.5 Å². The first-order valence-electron chi connectivity index (χ1n) is 6.42. The average molecular weight is 272 g/mol. The molecule has 1 aliphatic carbocycles. The minimum Gasteiger partial charge on any atom is -0.397 e. The number of nitrogens with two attached hydrogens (primary N) is 1. The number of amides is 1. The van der Waals surface area contributed by atoms with Crippen molar-refractivity contribution in [3.8, 4) is 0 Å². The molecule has 3 N–H and O–H groups in total. The number of carbonyl (C=O) groups excluding carboxylic acids is 1. The van der Waals surface area contributed by atoms with Crippen LogP contribution in [0.15, 0.2) is 24.3 Å². The van der Waals surface area contributed by atoms with Crippen molar-refractivity contribution in [2.75, 3.05) is 11.1 Å². The van der Waals surface area contributed by atoms with Crippen LogP contribution in [0.1, 0.15) is 32.1 Å². The molecule has 19 heavy (non-hydrogen) atoms. The zero-order valence-corrected chi connectivity index (χ0v) is 11.6. The van der Waals surface area contributed by atoms with Gasteiger partial charge in [0, 0.05) is 4.88 Å². The molecule has 0 saturated heterocycles. The van der Waals surface area contributed by atoms with Crippen LogP contribution in [0.2, 0.25) is 0 Å². The maximum absolute atomic E-state index is 12.2. The van der Waals surface area contributed by atoms with Crippen LogP contribution in [0.4, 0.5) is 11.4 Å². The maximum atomic E-state index is 12.2. The first kappa shape index (κ1) is 12.2. The van der Waals surface area contributed by atoms with Crippen LogP contribution in [-0.2, 0) is 12.8 Å². The summed E-state index contributed by atoms with van der Waals surface area (Å²) in [7, 11) is 0. The van der Waals surface area contributed by atoms with Gasteiger partial charge in [-0.3, -0.25) is 4.79 Å². The lowest BCUT2D eigenvalue weighted by Gasteiger charge is -2.07. The number of aryl methyl sites for hydroxylation is 3. The van der Waals surface area contributed by atoms with E-state index in [1.165, 1.54) is 16.9 Å². The molecule has 1 heterocycles. The van der Waals surface area contributed by atoms with E-state index >= 15 is 0 Å². The van der Waals surface area contributed by atoms with E-state index in [1.54, 1.807) is 11.3 Å². The number of anilines is 2. The molecule has 0 radical (unpaired) electrons. The molecule has 1 amide bonds. The third-order valence-electron chi connectivity index (χ3n) is 3.43. The molecule has 1 aromatic carbocycles. The van der Waals surface area contributed by atoms with Crippen molar-refractivity contribution in [1.29, 1.82) is 0 Å². The van der Waals surface area contributed by atoms with Gasteiger partial charge in [0.15, 0.2) is 0 Å². The van der Waals surface area contributed by atoms with E-state index in [-0.39, 0.29) is 5.91 Å². The van der Waals surface area contributed by atoms with E-state index in [9.17, 15) is 4.79 Å². The maximum Gasteiger partial charge on any atom is 0.265 e. The Kier molecular flexibility index (Phi) is 3.03. The fraction of sp³-hybridized carbons (Fsp3) is 0.267. The lowest BCUT2D eigenvalue weighted by molar-refractivity contribution is 0.103. The molecule has 0 fully saturated rings. The number of carbonyl (C=O) groups is 1. The molecular weight excluding hydrogens is 256 g/mol. The topological polar surface area (TPSA) is 55.1 Å². The van der Waals surface area contributed by atoms with Crippen molar-refractivity contribution in [2.24, 2.45) is 0 Å². The first-order valence-corrected chi connectivity index (χ1v) is 7.24. The summed E-state index contributed by atoms with van der Waals surface area (Å²) in [4.78, 5) is 14.3. The van der Waals surface area contributed by atoms with Gasteiger partial charge in [-0.25, -0.2) is 0 Å². The molecule has 3 rings (SSSR count). The molecule has 0 saturated carbocycles. The third-order valence-corrected chi connectivity index (χ3v) is 4.66. The molecule has 0 aliphatic heterocycles. The lowest BCUT2D eigenvalue weighted by Crippen LogP contribution is -2.11. The first-order chi connectivity index (χ1) is 9.13. The molecule has 3 nitrogen and oxygen atoms in total. The Bertz CT molecular complexity index is 624. The minimum absolute atomic E-state index is 0.0602. The summed E-state index contributed by atoms with van der Waals surface area (Å²) in [6.07, 6.45) is 3.43. The van der Waals surface area contributed by atoms with Gasteiger partial charge in [0.2, 0.25) is 0 Å². The molecule has 0 spiro atoms. The number of nitrogens with one attached hydrogen (secondary N) is 1. The fourth-order valence-electron chi connectivity index (χ4n) is 2.42. The van der Waals surface area contributed by atoms with Crippen molar-refractivity contribution in [1.82, 2.24) is 0 Å². The SMILES string of the molecule is Cc1ccc(NC(=O)c2cc3c(s2)CCC3)c(N)c1. The summed E-state index contributed by atoms with van der Waals surface area (Å²) < 4.78 is 0. The van der Waals surface area contributed by atoms with Crippen LogP contribution in [0.25, 0.3) is 0 Å². The Morgan fingerprint density at radius 3 is 2.89 bits per heavy atom. The number of thiophene rings is 1. The average Bonchev–Trinajstić information content (AvgIpc) is 2.93. The van der Waals surface area contributed by atoms with E-state index < -0.39 is 0 Å². The van der Waals surface area contributed by atoms with Crippen LogP contribution >= 0.6 is 11.3 Å². The summed E-state index contributed by atoms with van der Waals surface area (Å²) in [5, 5.41) is 2.89. The number of rotatable bonds is 2. The number of hydrogen-bond acceptors (Lipinski definition) is 3. The van der Waals surface area contributed by atoms with Gasteiger partial charge in [-0.1, -0.05) is 6.07 Å². The van der Waals surface area contributed by atoms with Crippen LogP contribution in [-0.4, -0.2) is 5.91 Å². The Morgan fingerprint density at radius 2 is 2.16 bits per heavy atom. The molecule has 2 aromatic rings. The van der Waals surface area contributed by atoms with Crippen LogP contribution in [0.3, 0.4) is 0 Å². The number of fused-ring (bicyclic) bond motifs is 1. The molecule has 1 aromatic heterocycles. The summed E-state index contributed by atoms with van der Waals surface area (Å²) in [6.45, 7) is 1.98. The van der Waals surface area contributed by atoms with Gasteiger partial charge in [-0.15, -0.1) is 11.3 Å². The second-order valence-corrected chi connectivity index (χ2v) is 6.09. The van der Waals surface area contributed by atoms with E-state index in [0.717, 1.165) is 23.3 Å². The summed E-state index contributed by atoms with van der Waals surface area (Å²) >= 11 is 1.61. The quantitative estimate of drug-likeness (QED) is 0.823. The molecule has 0 unspecified atom stereocenters. The number of benzene rings is 1. The van der Waals surface area contributed by atoms with E-state index in [0.29, 0.717) is 11.4 Å². The Balaban J connectivity index is 1.80. The predicted octanol–water partition coefficient (Wildman–Crippen LogP) is 3.38. The number of nitrogen functional groups attached to an aromatic ring is 1. The second-order valence-electron chi connectivity index (χ2n) is 4.96. The second kappa shape index (κ2) is 4.70. The molecule has 0 bridgehead atoms. The summed E-state index contributed by atoms with van der Waals surface area (Å²) in [5.74, 6) is -0.0602. The van der Waals surface area contributed by atoms with E-state index in [4.69, 9.17) is 5.73 Å². The zero-order valence-electron chi connectivity index (χ0n) is 10.8. The van der Waals surface area contributed by atoms with Crippen molar-refractivity contribution in [3.63, 3.8) is 0 Å². The Labute approximate surface area is 116 Å². The van der Waals surface area contributed by atoms with Gasteiger partial charge in [-0.2, -0.15) is 0 Å². The van der Waals surface area contributed by atoms with Gasteiger partial charge < -0.3 is 11.1 Å². The normalized spacial score (nSPS) is 13.3. The smallest absolute Gasteiger partial charge is 0.265 e. The van der Waals surface area contributed by atoms with Crippen LogP contribution < -0.4 is 11.1 Å². The Hall–Kier alpha value is -1.81. The summed E-state index contributed by atoms with van der Waals surface area (Å²) in [6, 6.07) is 7.68. The molecule has 4 heteroatoms. The predicted molar refractivity (Wildman–Crippen MR) is 79.9 cm³/mol. The largest absolute Gasteiger partial charge is 0.397 e.